The molecule has 0 aromatic carbocycles. The van der Waals surface area contributed by atoms with E-state index in [0.717, 1.165) is 11.5 Å². The predicted molar refractivity (Wildman–Crippen MR) is 44.8 cm³/mol. The summed E-state index contributed by atoms with van der Waals surface area (Å²) in [6, 6.07) is 0.292. The fraction of sp³-hybridized carbons (Fsp3) is 0.833. The molecule has 0 amide bonds. The molecule has 0 spiro atoms. The first kappa shape index (κ1) is 8.85. The molecule has 0 aromatic heterocycles. The number of thiocarbonyl (C=S) groups is 1. The normalized spacial score (nSPS) is 12.8. The lowest BCUT2D eigenvalue weighted by Crippen LogP contribution is -2.38. The van der Waals surface area contributed by atoms with Gasteiger partial charge in [0.05, 0.1) is 11.0 Å². The quantitative estimate of drug-likeness (QED) is 0.568. The Balaban J connectivity index is 3.46. The van der Waals surface area contributed by atoms with Crippen molar-refractivity contribution in [1.29, 1.82) is 0 Å². The summed E-state index contributed by atoms with van der Waals surface area (Å²) < 4.78 is 0. The van der Waals surface area contributed by atoms with Gasteiger partial charge in [-0.3, -0.25) is 0 Å². The second-order valence-electron chi connectivity index (χ2n) is 1.90. The molecule has 0 saturated heterocycles. The molecule has 0 heterocycles. The molecule has 1 atom stereocenters. The van der Waals surface area contributed by atoms with Crippen molar-refractivity contribution in [3.8, 4) is 0 Å². The maximum atomic E-state index is 5.00. The summed E-state index contributed by atoms with van der Waals surface area (Å²) in [7, 11) is 1.90. The van der Waals surface area contributed by atoms with Crippen molar-refractivity contribution in [2.45, 2.75) is 19.9 Å². The molecule has 3 heteroatoms. The van der Waals surface area contributed by atoms with Crippen LogP contribution in [0.2, 0.25) is 0 Å². The van der Waals surface area contributed by atoms with Crippen LogP contribution in [0.3, 0.4) is 0 Å². The minimum absolute atomic E-state index is 0.292. The van der Waals surface area contributed by atoms with Crippen LogP contribution in [0.1, 0.15) is 13.8 Å². The van der Waals surface area contributed by atoms with Gasteiger partial charge in [-0.25, -0.2) is 0 Å². The summed E-state index contributed by atoms with van der Waals surface area (Å²) in [5, 5.41) is 6.11. The smallest absolute Gasteiger partial charge is 0.0922 e. The number of nitrogens with one attached hydrogen (secondary N) is 2. The van der Waals surface area contributed by atoms with Crippen molar-refractivity contribution in [1.82, 2.24) is 10.6 Å². The summed E-state index contributed by atoms with van der Waals surface area (Å²) in [5.74, 6) is 0. The minimum Gasteiger partial charge on any atom is -0.379 e. The zero-order chi connectivity index (χ0) is 7.28. The van der Waals surface area contributed by atoms with E-state index in [1.54, 1.807) is 0 Å². The van der Waals surface area contributed by atoms with Crippen LogP contribution in [0, 0.1) is 0 Å². The van der Waals surface area contributed by atoms with Gasteiger partial charge in [-0.05, 0) is 20.9 Å². The Hall–Kier alpha value is -0.150. The molecule has 9 heavy (non-hydrogen) atoms. The Morgan fingerprint density at radius 3 is 2.56 bits per heavy atom. The summed E-state index contributed by atoms with van der Waals surface area (Å²) in [6.45, 7) is 4.98. The minimum atomic E-state index is 0.292. The third kappa shape index (κ3) is 3.43. The maximum absolute atomic E-state index is 5.00. The molecule has 0 bridgehead atoms. The molecule has 0 aliphatic carbocycles. The first-order chi connectivity index (χ1) is 4.22. The highest BCUT2D eigenvalue weighted by molar-refractivity contribution is 7.80. The third-order valence-corrected chi connectivity index (χ3v) is 1.68. The van der Waals surface area contributed by atoms with E-state index in [9.17, 15) is 0 Å². The second kappa shape index (κ2) is 4.70. The largest absolute Gasteiger partial charge is 0.379 e. The molecule has 0 aliphatic rings. The van der Waals surface area contributed by atoms with E-state index in [4.69, 9.17) is 12.2 Å². The van der Waals surface area contributed by atoms with E-state index in [2.05, 4.69) is 10.6 Å². The van der Waals surface area contributed by atoms with Crippen LogP contribution >= 0.6 is 12.2 Å². The Kier molecular flexibility index (Phi) is 4.62. The van der Waals surface area contributed by atoms with Crippen LogP contribution in [0.5, 0.6) is 0 Å². The van der Waals surface area contributed by atoms with E-state index in [-0.39, 0.29) is 0 Å². The molecular formula is C6H14N2S. The molecule has 0 saturated carbocycles. The first-order valence-electron chi connectivity index (χ1n) is 3.17. The van der Waals surface area contributed by atoms with E-state index in [1.807, 2.05) is 20.9 Å². The molecule has 2 N–H and O–H groups in total. The van der Waals surface area contributed by atoms with Crippen molar-refractivity contribution >= 4 is 17.2 Å². The highest BCUT2D eigenvalue weighted by Crippen LogP contribution is 1.81. The lowest BCUT2D eigenvalue weighted by molar-refractivity contribution is 0.742. The summed E-state index contributed by atoms with van der Waals surface area (Å²) in [5.41, 5.74) is 0. The Bertz CT molecular complexity index is 93.1. The Morgan fingerprint density at radius 1 is 1.67 bits per heavy atom. The topological polar surface area (TPSA) is 24.1 Å². The maximum Gasteiger partial charge on any atom is 0.0922 e. The lowest BCUT2D eigenvalue weighted by atomic mass is 10.3. The molecule has 0 fully saturated rings. The summed E-state index contributed by atoms with van der Waals surface area (Å²) >= 11 is 5.00. The summed E-state index contributed by atoms with van der Waals surface area (Å²) in [4.78, 5) is 0.889. The average Bonchev–Trinajstić information content (AvgIpc) is 1.87. The predicted octanol–water partition coefficient (Wildman–Crippen LogP) is 0.531. The van der Waals surface area contributed by atoms with E-state index in [0.29, 0.717) is 6.04 Å². The van der Waals surface area contributed by atoms with Gasteiger partial charge in [-0.1, -0.05) is 12.2 Å². The highest BCUT2D eigenvalue weighted by Gasteiger charge is 2.01. The molecule has 54 valence electrons. The lowest BCUT2D eigenvalue weighted by Gasteiger charge is -2.11. The number of rotatable bonds is 3. The van der Waals surface area contributed by atoms with Gasteiger partial charge in [0, 0.05) is 6.54 Å². The van der Waals surface area contributed by atoms with Crippen LogP contribution < -0.4 is 10.6 Å². The monoisotopic (exact) mass is 146 g/mol. The Morgan fingerprint density at radius 2 is 2.22 bits per heavy atom. The Labute approximate surface area is 62.0 Å². The van der Waals surface area contributed by atoms with Gasteiger partial charge in [0.1, 0.15) is 0 Å². The fourth-order valence-corrected chi connectivity index (χ4v) is 0.721. The average molecular weight is 146 g/mol. The molecule has 0 rings (SSSR count). The van der Waals surface area contributed by atoms with Crippen molar-refractivity contribution in [2.75, 3.05) is 13.6 Å². The zero-order valence-corrected chi connectivity index (χ0v) is 7.01. The van der Waals surface area contributed by atoms with Crippen molar-refractivity contribution in [3.63, 3.8) is 0 Å². The molecular weight excluding hydrogens is 132 g/mol. The van der Waals surface area contributed by atoms with Crippen LogP contribution in [-0.2, 0) is 0 Å². The molecule has 2 nitrogen and oxygen atoms in total. The third-order valence-electron chi connectivity index (χ3n) is 1.18. The van der Waals surface area contributed by atoms with Gasteiger partial charge >= 0.3 is 0 Å². The van der Waals surface area contributed by atoms with E-state index < -0.39 is 0 Å². The van der Waals surface area contributed by atoms with Crippen LogP contribution in [0.25, 0.3) is 0 Å². The number of hydrogen-bond acceptors (Lipinski definition) is 2. The number of hydrogen-bond donors (Lipinski definition) is 2. The summed E-state index contributed by atoms with van der Waals surface area (Å²) in [6.07, 6.45) is 0. The van der Waals surface area contributed by atoms with Crippen molar-refractivity contribution < 1.29 is 0 Å². The van der Waals surface area contributed by atoms with Gasteiger partial charge in [-0.15, -0.1) is 0 Å². The van der Waals surface area contributed by atoms with Crippen LogP contribution in [0.4, 0.5) is 0 Å². The number of likely N-dealkylation sites (N-methyl/N-ethyl adjacent to an activating group) is 2. The van der Waals surface area contributed by atoms with E-state index in [1.165, 1.54) is 0 Å². The molecule has 0 aliphatic heterocycles. The molecule has 1 unspecified atom stereocenters. The fourth-order valence-electron chi connectivity index (χ4n) is 0.458. The molecule has 0 radical (unpaired) electrons. The first-order valence-corrected chi connectivity index (χ1v) is 3.58. The van der Waals surface area contributed by atoms with Crippen LogP contribution in [-0.4, -0.2) is 24.6 Å². The zero-order valence-electron chi connectivity index (χ0n) is 6.19. The van der Waals surface area contributed by atoms with Gasteiger partial charge in [-0.2, -0.15) is 0 Å². The van der Waals surface area contributed by atoms with Crippen molar-refractivity contribution in [2.24, 2.45) is 0 Å². The van der Waals surface area contributed by atoms with Crippen LogP contribution in [0.15, 0.2) is 0 Å². The van der Waals surface area contributed by atoms with Crippen molar-refractivity contribution in [3.05, 3.63) is 0 Å². The van der Waals surface area contributed by atoms with Gasteiger partial charge < -0.3 is 10.6 Å². The molecule has 0 aromatic rings. The van der Waals surface area contributed by atoms with Gasteiger partial charge in [0.2, 0.25) is 0 Å². The van der Waals surface area contributed by atoms with E-state index >= 15 is 0 Å². The van der Waals surface area contributed by atoms with Gasteiger partial charge in [0.25, 0.3) is 0 Å². The standard InChI is InChI=1S/C6H14N2S/c1-4-8-6(9)5(2)7-3/h5,7H,4H2,1-3H3,(H,8,9). The highest BCUT2D eigenvalue weighted by atomic mass is 32.1. The van der Waals surface area contributed by atoms with Gasteiger partial charge in [0.15, 0.2) is 0 Å². The SMILES string of the molecule is CCNC(=S)C(C)NC. The second-order valence-corrected chi connectivity index (χ2v) is 2.34.